The van der Waals surface area contributed by atoms with Gasteiger partial charge in [0.05, 0.1) is 0 Å². The van der Waals surface area contributed by atoms with Gasteiger partial charge in [0.2, 0.25) is 0 Å². The Morgan fingerprint density at radius 1 is 1.00 bits per heavy atom. The summed E-state index contributed by atoms with van der Waals surface area (Å²) in [5.74, 6) is 0.621. The summed E-state index contributed by atoms with van der Waals surface area (Å²) in [4.78, 5) is 14.8. The lowest BCUT2D eigenvalue weighted by Gasteiger charge is -2.52. The fourth-order valence-corrected chi connectivity index (χ4v) is 4.37. The minimum atomic E-state index is -0.436. The Kier molecular flexibility index (Phi) is 4.66. The molecule has 2 aliphatic carbocycles. The predicted molar refractivity (Wildman–Crippen MR) is 91.3 cm³/mol. The number of aldehydes is 1. The van der Waals surface area contributed by atoms with Crippen LogP contribution in [0.4, 0.5) is 0 Å². The first kappa shape index (κ1) is 15.3. The van der Waals surface area contributed by atoms with Gasteiger partial charge in [-0.05, 0) is 51.5 Å². The summed E-state index contributed by atoms with van der Waals surface area (Å²) in [7, 11) is 0. The van der Waals surface area contributed by atoms with Gasteiger partial charge in [0.25, 0.3) is 0 Å². The maximum absolute atomic E-state index is 12.5. The molecule has 0 radical (unpaired) electrons. The van der Waals surface area contributed by atoms with Crippen molar-refractivity contribution < 1.29 is 4.79 Å². The fraction of sp³-hybridized carbons (Fsp3) is 0.550. The summed E-state index contributed by atoms with van der Waals surface area (Å²) in [5, 5.41) is 0. The average Bonchev–Trinajstić information content (AvgIpc) is 2.59. The monoisotopic (exact) mass is 297 g/mol. The Balaban J connectivity index is 2.04. The summed E-state index contributed by atoms with van der Waals surface area (Å²) in [6, 6.07) is 0.265. The molecule has 1 heterocycles. The first-order valence-corrected chi connectivity index (χ1v) is 8.72. The molecule has 1 aliphatic heterocycles. The largest absolute Gasteiger partial charge is 0.358 e. The van der Waals surface area contributed by atoms with Crippen molar-refractivity contribution in [1.82, 2.24) is 4.90 Å². The van der Waals surface area contributed by atoms with Crippen LogP contribution in [0.1, 0.15) is 45.4 Å². The second-order valence-electron chi connectivity index (χ2n) is 6.81. The molecule has 3 atom stereocenters. The van der Waals surface area contributed by atoms with Crippen molar-refractivity contribution in [2.75, 3.05) is 0 Å². The predicted octanol–water partition coefficient (Wildman–Crippen LogP) is 4.41. The van der Waals surface area contributed by atoms with Crippen LogP contribution >= 0.6 is 0 Å². The first-order valence-electron chi connectivity index (χ1n) is 8.72. The van der Waals surface area contributed by atoms with Gasteiger partial charge in [0.15, 0.2) is 0 Å². The van der Waals surface area contributed by atoms with Crippen LogP contribution in [0.3, 0.4) is 0 Å². The topological polar surface area (TPSA) is 20.3 Å². The molecule has 0 amide bonds. The standard InChI is InChI=1S/C20H27NO/c1-17-10-8-9-15-21(17)20(16-22,18-11-4-2-5-12-18)19-13-6-3-7-14-19/h4,6,8-11,13,15-19H,2-3,5,7,12,14H2,1H3. The van der Waals surface area contributed by atoms with Gasteiger partial charge in [-0.15, -0.1) is 0 Å². The molecule has 2 heteroatoms. The number of allylic oxidation sites excluding steroid dienone is 4. The third kappa shape index (κ3) is 2.60. The van der Waals surface area contributed by atoms with Crippen LogP contribution in [0, 0.1) is 11.8 Å². The van der Waals surface area contributed by atoms with Crippen LogP contribution in [-0.4, -0.2) is 22.8 Å². The normalized spacial score (nSPS) is 33.7. The molecule has 3 unspecified atom stereocenters. The van der Waals surface area contributed by atoms with Crippen LogP contribution < -0.4 is 0 Å². The van der Waals surface area contributed by atoms with E-state index in [0.717, 1.165) is 25.7 Å². The smallest absolute Gasteiger partial charge is 0.146 e. The molecule has 0 fully saturated rings. The average molecular weight is 297 g/mol. The van der Waals surface area contributed by atoms with E-state index in [9.17, 15) is 4.79 Å². The lowest BCUT2D eigenvalue weighted by molar-refractivity contribution is -0.123. The molecule has 3 aliphatic rings. The van der Waals surface area contributed by atoms with Gasteiger partial charge in [-0.25, -0.2) is 0 Å². The molecule has 0 saturated heterocycles. The van der Waals surface area contributed by atoms with Crippen molar-refractivity contribution in [2.45, 2.75) is 57.0 Å². The minimum Gasteiger partial charge on any atom is -0.358 e. The minimum absolute atomic E-state index is 0.265. The number of hydrogen-bond donors (Lipinski definition) is 0. The van der Waals surface area contributed by atoms with Crippen molar-refractivity contribution >= 4 is 6.29 Å². The lowest BCUT2D eigenvalue weighted by Crippen LogP contribution is -2.60. The molecule has 0 saturated carbocycles. The fourth-order valence-electron chi connectivity index (χ4n) is 4.37. The zero-order chi connectivity index (χ0) is 15.4. The molecule has 0 spiro atoms. The van der Waals surface area contributed by atoms with Crippen LogP contribution in [0.2, 0.25) is 0 Å². The van der Waals surface area contributed by atoms with Crippen molar-refractivity contribution in [3.05, 3.63) is 48.7 Å². The number of rotatable bonds is 4. The Hall–Kier alpha value is -1.57. The van der Waals surface area contributed by atoms with Gasteiger partial charge in [0.1, 0.15) is 11.8 Å². The van der Waals surface area contributed by atoms with Crippen LogP contribution in [0.25, 0.3) is 0 Å². The summed E-state index contributed by atoms with van der Waals surface area (Å²) in [6.07, 6.45) is 25.8. The van der Waals surface area contributed by atoms with Gasteiger partial charge < -0.3 is 9.69 Å². The number of carbonyl (C=O) groups excluding carboxylic acids is 1. The summed E-state index contributed by atoms with van der Waals surface area (Å²) in [5.41, 5.74) is -0.436. The van der Waals surface area contributed by atoms with E-state index in [1.807, 2.05) is 0 Å². The van der Waals surface area contributed by atoms with Gasteiger partial charge in [-0.1, -0.05) is 36.5 Å². The summed E-state index contributed by atoms with van der Waals surface area (Å²) < 4.78 is 0. The Morgan fingerprint density at radius 2 is 1.64 bits per heavy atom. The Labute approximate surface area is 134 Å². The maximum atomic E-state index is 12.5. The van der Waals surface area contributed by atoms with Crippen LogP contribution in [0.5, 0.6) is 0 Å². The maximum Gasteiger partial charge on any atom is 0.146 e. The van der Waals surface area contributed by atoms with Gasteiger partial charge in [-0.3, -0.25) is 0 Å². The van der Waals surface area contributed by atoms with Crippen molar-refractivity contribution in [1.29, 1.82) is 0 Å². The highest BCUT2D eigenvalue weighted by Crippen LogP contribution is 2.43. The Morgan fingerprint density at radius 3 is 2.09 bits per heavy atom. The van der Waals surface area contributed by atoms with E-state index in [1.165, 1.54) is 19.1 Å². The summed E-state index contributed by atoms with van der Waals surface area (Å²) in [6.45, 7) is 2.19. The van der Waals surface area contributed by atoms with E-state index in [4.69, 9.17) is 0 Å². The molecule has 22 heavy (non-hydrogen) atoms. The molecule has 0 aromatic rings. The van der Waals surface area contributed by atoms with E-state index in [2.05, 4.69) is 60.6 Å². The van der Waals surface area contributed by atoms with E-state index in [1.54, 1.807) is 0 Å². The highest BCUT2D eigenvalue weighted by atomic mass is 16.1. The molecule has 0 N–H and O–H groups in total. The number of carbonyl (C=O) groups is 1. The van der Waals surface area contributed by atoms with Gasteiger partial charge in [0, 0.05) is 24.1 Å². The zero-order valence-corrected chi connectivity index (χ0v) is 13.5. The molecule has 3 rings (SSSR count). The summed E-state index contributed by atoms with van der Waals surface area (Å²) >= 11 is 0. The van der Waals surface area contributed by atoms with Crippen molar-refractivity contribution in [2.24, 2.45) is 11.8 Å². The second-order valence-corrected chi connectivity index (χ2v) is 6.81. The molecule has 118 valence electrons. The quantitative estimate of drug-likeness (QED) is 0.566. The molecular formula is C20H27NO. The SMILES string of the molecule is CC1C=CC=CN1C(C=O)(C1C=CCCC1)C1C=CCCC1. The van der Waals surface area contributed by atoms with Gasteiger partial charge >= 0.3 is 0 Å². The van der Waals surface area contributed by atoms with E-state index in [-0.39, 0.29) is 6.04 Å². The van der Waals surface area contributed by atoms with Crippen molar-refractivity contribution in [3.63, 3.8) is 0 Å². The third-order valence-corrected chi connectivity index (χ3v) is 5.52. The lowest BCUT2D eigenvalue weighted by atomic mass is 9.67. The molecular weight excluding hydrogens is 270 g/mol. The van der Waals surface area contributed by atoms with Crippen LogP contribution in [0.15, 0.2) is 48.7 Å². The third-order valence-electron chi connectivity index (χ3n) is 5.52. The van der Waals surface area contributed by atoms with Crippen LogP contribution in [-0.2, 0) is 4.79 Å². The van der Waals surface area contributed by atoms with E-state index >= 15 is 0 Å². The van der Waals surface area contributed by atoms with Crippen molar-refractivity contribution in [3.8, 4) is 0 Å². The number of hydrogen-bond acceptors (Lipinski definition) is 2. The van der Waals surface area contributed by atoms with E-state index < -0.39 is 5.54 Å². The first-order chi connectivity index (χ1) is 10.8. The van der Waals surface area contributed by atoms with E-state index in [0.29, 0.717) is 11.8 Å². The highest BCUT2D eigenvalue weighted by molar-refractivity contribution is 5.68. The second kappa shape index (κ2) is 6.68. The molecule has 0 aromatic heterocycles. The highest BCUT2D eigenvalue weighted by Gasteiger charge is 2.48. The molecule has 2 nitrogen and oxygen atoms in total. The zero-order valence-electron chi connectivity index (χ0n) is 13.5. The van der Waals surface area contributed by atoms with Gasteiger partial charge in [-0.2, -0.15) is 0 Å². The molecule has 0 aromatic carbocycles. The molecule has 0 bridgehead atoms. The Bertz CT molecular complexity index is 490. The number of nitrogens with zero attached hydrogens (tertiary/aromatic N) is 1.